The van der Waals surface area contributed by atoms with Crippen LogP contribution in [0.2, 0.25) is 0 Å². The topological polar surface area (TPSA) is 26.0 Å². The molecule has 1 fully saturated rings. The first kappa shape index (κ1) is 10.5. The highest BCUT2D eigenvalue weighted by Crippen LogP contribution is 2.55. The molecule has 0 bridgehead atoms. The first-order valence-corrected chi connectivity index (χ1v) is 5.56. The summed E-state index contributed by atoms with van der Waals surface area (Å²) in [4.78, 5) is 0. The standard InChI is InChI=1S/C11H12BrN.ClH/c12-8-1-2-9-7(5-8)3-4-11(9)6-10(11)13;/h1-2,5,10H,3-4,6,13H2;1H. The van der Waals surface area contributed by atoms with E-state index >= 15 is 0 Å². The third-order valence-corrected chi connectivity index (χ3v) is 4.07. The van der Waals surface area contributed by atoms with E-state index in [1.54, 1.807) is 0 Å². The van der Waals surface area contributed by atoms with E-state index in [0.717, 1.165) is 0 Å². The number of halogens is 2. The fourth-order valence-corrected chi connectivity index (χ4v) is 3.09. The molecule has 0 aromatic heterocycles. The number of aryl methyl sites for hydroxylation is 1. The minimum Gasteiger partial charge on any atom is -0.327 e. The third kappa shape index (κ3) is 1.24. The Morgan fingerprint density at radius 3 is 2.79 bits per heavy atom. The maximum atomic E-state index is 6.00. The van der Waals surface area contributed by atoms with Gasteiger partial charge in [-0.1, -0.05) is 22.0 Å². The van der Waals surface area contributed by atoms with Gasteiger partial charge < -0.3 is 5.73 Å². The molecule has 2 aliphatic carbocycles. The van der Waals surface area contributed by atoms with Crippen LogP contribution in [-0.4, -0.2) is 6.04 Å². The van der Waals surface area contributed by atoms with Crippen molar-refractivity contribution in [2.75, 3.05) is 0 Å². The lowest BCUT2D eigenvalue weighted by atomic mass is 9.98. The Labute approximate surface area is 98.6 Å². The lowest BCUT2D eigenvalue weighted by Crippen LogP contribution is -2.14. The van der Waals surface area contributed by atoms with Crippen LogP contribution in [0.5, 0.6) is 0 Å². The first-order valence-electron chi connectivity index (χ1n) is 4.77. The molecular formula is C11H13BrClN. The van der Waals surface area contributed by atoms with Crippen molar-refractivity contribution in [2.24, 2.45) is 5.73 Å². The van der Waals surface area contributed by atoms with Gasteiger partial charge in [-0.2, -0.15) is 0 Å². The van der Waals surface area contributed by atoms with Gasteiger partial charge in [-0.05, 0) is 42.5 Å². The molecule has 2 unspecified atom stereocenters. The van der Waals surface area contributed by atoms with Crippen LogP contribution in [0.25, 0.3) is 0 Å². The molecule has 76 valence electrons. The van der Waals surface area contributed by atoms with E-state index in [1.165, 1.54) is 34.9 Å². The molecule has 0 aliphatic heterocycles. The summed E-state index contributed by atoms with van der Waals surface area (Å²) in [5, 5.41) is 0. The van der Waals surface area contributed by atoms with Crippen LogP contribution >= 0.6 is 28.3 Å². The number of benzene rings is 1. The van der Waals surface area contributed by atoms with Crippen molar-refractivity contribution in [1.29, 1.82) is 0 Å². The predicted molar refractivity (Wildman–Crippen MR) is 64.0 cm³/mol. The zero-order valence-electron chi connectivity index (χ0n) is 7.79. The quantitative estimate of drug-likeness (QED) is 0.773. The smallest absolute Gasteiger partial charge is 0.0178 e. The Morgan fingerprint density at radius 1 is 1.43 bits per heavy atom. The van der Waals surface area contributed by atoms with Gasteiger partial charge in [-0.3, -0.25) is 0 Å². The zero-order chi connectivity index (χ0) is 9.05. The normalized spacial score (nSPS) is 32.6. The van der Waals surface area contributed by atoms with Crippen LogP contribution in [0.4, 0.5) is 0 Å². The Hall–Kier alpha value is -0.0500. The fraction of sp³-hybridized carbons (Fsp3) is 0.455. The molecule has 1 aromatic carbocycles. The van der Waals surface area contributed by atoms with Crippen LogP contribution < -0.4 is 5.73 Å². The van der Waals surface area contributed by atoms with Gasteiger partial charge in [-0.15, -0.1) is 12.4 Å². The third-order valence-electron chi connectivity index (χ3n) is 3.58. The van der Waals surface area contributed by atoms with Gasteiger partial charge in [-0.25, -0.2) is 0 Å². The van der Waals surface area contributed by atoms with E-state index in [4.69, 9.17) is 5.73 Å². The number of hydrogen-bond donors (Lipinski definition) is 1. The van der Waals surface area contributed by atoms with Crippen molar-refractivity contribution in [2.45, 2.75) is 30.7 Å². The molecule has 2 aliphatic rings. The number of rotatable bonds is 0. The van der Waals surface area contributed by atoms with E-state index in [9.17, 15) is 0 Å². The van der Waals surface area contributed by atoms with Crippen molar-refractivity contribution >= 4 is 28.3 Å². The lowest BCUT2D eigenvalue weighted by Gasteiger charge is -2.08. The highest BCUT2D eigenvalue weighted by Gasteiger charge is 2.55. The summed E-state index contributed by atoms with van der Waals surface area (Å²) < 4.78 is 1.19. The van der Waals surface area contributed by atoms with Crippen molar-refractivity contribution in [3.8, 4) is 0 Å². The molecule has 1 nitrogen and oxygen atoms in total. The molecular weight excluding hydrogens is 261 g/mol. The van der Waals surface area contributed by atoms with Gasteiger partial charge in [0, 0.05) is 15.9 Å². The largest absolute Gasteiger partial charge is 0.327 e. The second-order valence-electron chi connectivity index (χ2n) is 4.27. The summed E-state index contributed by atoms with van der Waals surface area (Å²) in [6.45, 7) is 0. The summed E-state index contributed by atoms with van der Waals surface area (Å²) in [5.41, 5.74) is 9.41. The maximum Gasteiger partial charge on any atom is 0.0178 e. The number of hydrogen-bond acceptors (Lipinski definition) is 1. The summed E-state index contributed by atoms with van der Waals surface area (Å²) >= 11 is 3.51. The van der Waals surface area contributed by atoms with Gasteiger partial charge in [0.25, 0.3) is 0 Å². The van der Waals surface area contributed by atoms with Gasteiger partial charge in [0.15, 0.2) is 0 Å². The van der Waals surface area contributed by atoms with Crippen molar-refractivity contribution in [3.05, 3.63) is 33.8 Å². The fourth-order valence-electron chi connectivity index (χ4n) is 2.68. The molecule has 1 spiro atoms. The van der Waals surface area contributed by atoms with Gasteiger partial charge in [0.05, 0.1) is 0 Å². The summed E-state index contributed by atoms with van der Waals surface area (Å²) in [6, 6.07) is 7.06. The average Bonchev–Trinajstić information content (AvgIpc) is 2.59. The van der Waals surface area contributed by atoms with Crippen LogP contribution in [0.1, 0.15) is 24.0 Å². The Kier molecular flexibility index (Phi) is 2.41. The molecule has 0 heterocycles. The SMILES string of the molecule is Cl.NC1CC12CCc1cc(Br)ccc12. The van der Waals surface area contributed by atoms with Gasteiger partial charge >= 0.3 is 0 Å². The van der Waals surface area contributed by atoms with Gasteiger partial charge in [0.2, 0.25) is 0 Å². The van der Waals surface area contributed by atoms with E-state index in [2.05, 4.69) is 34.1 Å². The van der Waals surface area contributed by atoms with Crippen LogP contribution in [0.15, 0.2) is 22.7 Å². The maximum absolute atomic E-state index is 6.00. The lowest BCUT2D eigenvalue weighted by molar-refractivity contribution is 0.651. The molecule has 0 radical (unpaired) electrons. The number of fused-ring (bicyclic) bond motifs is 2. The Morgan fingerprint density at radius 2 is 2.14 bits per heavy atom. The first-order chi connectivity index (χ1) is 6.22. The van der Waals surface area contributed by atoms with Crippen LogP contribution in [0.3, 0.4) is 0 Å². The van der Waals surface area contributed by atoms with Crippen molar-refractivity contribution < 1.29 is 0 Å². The Bertz CT molecular complexity index is 380. The summed E-state index contributed by atoms with van der Waals surface area (Å²) in [5.74, 6) is 0. The molecule has 14 heavy (non-hydrogen) atoms. The van der Waals surface area contributed by atoms with Crippen LogP contribution in [0, 0.1) is 0 Å². The molecule has 2 atom stereocenters. The second kappa shape index (κ2) is 3.22. The van der Waals surface area contributed by atoms with E-state index in [0.29, 0.717) is 11.5 Å². The number of nitrogens with two attached hydrogens (primary N) is 1. The molecule has 3 rings (SSSR count). The predicted octanol–water partition coefficient (Wildman–Crippen LogP) is 2.79. The second-order valence-corrected chi connectivity index (χ2v) is 5.18. The molecule has 3 heteroatoms. The molecule has 0 amide bonds. The molecule has 1 aromatic rings. The average molecular weight is 275 g/mol. The highest BCUT2D eigenvalue weighted by molar-refractivity contribution is 9.10. The van der Waals surface area contributed by atoms with Crippen molar-refractivity contribution in [1.82, 2.24) is 0 Å². The molecule has 1 saturated carbocycles. The van der Waals surface area contributed by atoms with E-state index in [1.807, 2.05) is 0 Å². The van der Waals surface area contributed by atoms with Crippen molar-refractivity contribution in [3.63, 3.8) is 0 Å². The van der Waals surface area contributed by atoms with E-state index < -0.39 is 0 Å². The molecule has 2 N–H and O–H groups in total. The van der Waals surface area contributed by atoms with E-state index in [-0.39, 0.29) is 12.4 Å². The highest BCUT2D eigenvalue weighted by atomic mass is 79.9. The zero-order valence-corrected chi connectivity index (χ0v) is 10.2. The summed E-state index contributed by atoms with van der Waals surface area (Å²) in [6.07, 6.45) is 3.67. The van der Waals surface area contributed by atoms with Crippen LogP contribution in [-0.2, 0) is 11.8 Å². The molecule has 0 saturated heterocycles. The minimum absolute atomic E-state index is 0. The van der Waals surface area contributed by atoms with Gasteiger partial charge in [0.1, 0.15) is 0 Å². The minimum atomic E-state index is 0. The Balaban J connectivity index is 0.000000750. The summed E-state index contributed by atoms with van der Waals surface area (Å²) in [7, 11) is 0. The monoisotopic (exact) mass is 273 g/mol.